The number of carbonyl (C=O) groups excluding carboxylic acids is 1. The second kappa shape index (κ2) is 7.97. The van der Waals surface area contributed by atoms with E-state index in [2.05, 4.69) is 4.99 Å². The van der Waals surface area contributed by atoms with Gasteiger partial charge in [0, 0.05) is 28.8 Å². The third-order valence-corrected chi connectivity index (χ3v) is 5.68. The number of fused-ring (bicyclic) bond motifs is 1. The first-order valence-electron chi connectivity index (χ1n) is 8.31. The van der Waals surface area contributed by atoms with Crippen LogP contribution in [0.5, 0.6) is 0 Å². The lowest BCUT2D eigenvalue weighted by molar-refractivity contribution is -0.384. The molecule has 1 aromatic carbocycles. The molecular weight excluding hydrogens is 376 g/mol. The number of nitrogens with zero attached hydrogens (tertiary/aromatic N) is 2. The highest BCUT2D eigenvalue weighted by molar-refractivity contribution is 7.16. The summed E-state index contributed by atoms with van der Waals surface area (Å²) in [6.45, 7) is 2.08. The van der Waals surface area contributed by atoms with E-state index < -0.39 is 4.92 Å². The van der Waals surface area contributed by atoms with Gasteiger partial charge in [-0.1, -0.05) is 11.6 Å². The molecule has 0 spiro atoms. The molecule has 26 heavy (non-hydrogen) atoms. The van der Waals surface area contributed by atoms with Gasteiger partial charge in [-0.25, -0.2) is 9.79 Å². The molecule has 6 nitrogen and oxygen atoms in total. The van der Waals surface area contributed by atoms with Gasteiger partial charge in [-0.3, -0.25) is 10.1 Å². The Morgan fingerprint density at radius 1 is 1.42 bits per heavy atom. The van der Waals surface area contributed by atoms with E-state index >= 15 is 0 Å². The van der Waals surface area contributed by atoms with Gasteiger partial charge < -0.3 is 4.74 Å². The van der Waals surface area contributed by atoms with E-state index in [0.29, 0.717) is 22.7 Å². The summed E-state index contributed by atoms with van der Waals surface area (Å²) in [7, 11) is 0. The minimum absolute atomic E-state index is 0.0778. The normalized spacial score (nSPS) is 13.6. The van der Waals surface area contributed by atoms with Crippen LogP contribution in [-0.2, 0) is 17.6 Å². The second-order valence-electron chi connectivity index (χ2n) is 5.83. The minimum Gasteiger partial charge on any atom is -0.462 e. The third-order valence-electron chi connectivity index (χ3n) is 4.15. The maximum atomic E-state index is 12.4. The fourth-order valence-electron chi connectivity index (χ4n) is 2.92. The molecular formula is C18H17ClN2O4S. The van der Waals surface area contributed by atoms with Crippen LogP contribution in [-0.4, -0.2) is 23.7 Å². The van der Waals surface area contributed by atoms with Gasteiger partial charge >= 0.3 is 5.97 Å². The van der Waals surface area contributed by atoms with Crippen molar-refractivity contribution in [3.8, 4) is 0 Å². The molecule has 2 aromatic rings. The Kier molecular flexibility index (Phi) is 5.68. The van der Waals surface area contributed by atoms with E-state index in [4.69, 9.17) is 16.3 Å². The van der Waals surface area contributed by atoms with Crippen LogP contribution in [0.1, 0.15) is 46.1 Å². The summed E-state index contributed by atoms with van der Waals surface area (Å²) in [5.74, 6) is -0.353. The lowest BCUT2D eigenvalue weighted by Gasteiger charge is -2.11. The number of halogens is 1. The highest BCUT2D eigenvalue weighted by Gasteiger charge is 2.26. The summed E-state index contributed by atoms with van der Waals surface area (Å²) < 4.78 is 5.20. The van der Waals surface area contributed by atoms with Crippen molar-refractivity contribution in [3.63, 3.8) is 0 Å². The molecule has 8 heteroatoms. The van der Waals surface area contributed by atoms with Gasteiger partial charge in [-0.15, -0.1) is 11.3 Å². The van der Waals surface area contributed by atoms with E-state index in [1.54, 1.807) is 13.0 Å². The minimum atomic E-state index is -0.501. The Morgan fingerprint density at radius 2 is 2.19 bits per heavy atom. The summed E-state index contributed by atoms with van der Waals surface area (Å²) in [4.78, 5) is 28.3. The van der Waals surface area contributed by atoms with Crippen LogP contribution >= 0.6 is 22.9 Å². The zero-order valence-electron chi connectivity index (χ0n) is 14.2. The van der Waals surface area contributed by atoms with Crippen molar-refractivity contribution < 1.29 is 14.5 Å². The predicted molar refractivity (Wildman–Crippen MR) is 102 cm³/mol. The largest absolute Gasteiger partial charge is 0.462 e. The number of thiophene rings is 1. The molecule has 1 heterocycles. The number of hydrogen-bond acceptors (Lipinski definition) is 6. The number of hydrogen-bond donors (Lipinski definition) is 0. The Hall–Kier alpha value is -2.25. The quantitative estimate of drug-likeness (QED) is 0.306. The van der Waals surface area contributed by atoms with Gasteiger partial charge in [0.05, 0.1) is 22.1 Å². The van der Waals surface area contributed by atoms with Crippen LogP contribution in [0.3, 0.4) is 0 Å². The van der Waals surface area contributed by atoms with Gasteiger partial charge in [0.25, 0.3) is 5.69 Å². The molecule has 1 aliphatic carbocycles. The molecule has 0 amide bonds. The first-order chi connectivity index (χ1) is 12.5. The summed E-state index contributed by atoms with van der Waals surface area (Å²) in [6.07, 6.45) is 5.49. The zero-order chi connectivity index (χ0) is 18.7. The van der Waals surface area contributed by atoms with Crippen LogP contribution < -0.4 is 0 Å². The van der Waals surface area contributed by atoms with Crippen molar-refractivity contribution in [1.29, 1.82) is 0 Å². The molecule has 0 radical (unpaired) electrons. The maximum absolute atomic E-state index is 12.4. The number of aryl methyl sites for hydroxylation is 1. The summed E-state index contributed by atoms with van der Waals surface area (Å²) in [5.41, 5.74) is 2.06. The van der Waals surface area contributed by atoms with Gasteiger partial charge in [0.1, 0.15) is 5.00 Å². The van der Waals surface area contributed by atoms with E-state index in [9.17, 15) is 14.9 Å². The van der Waals surface area contributed by atoms with Crippen LogP contribution in [0.2, 0.25) is 5.02 Å². The molecule has 0 N–H and O–H groups in total. The lowest BCUT2D eigenvalue weighted by atomic mass is 9.95. The number of nitro benzene ring substituents is 1. The molecule has 0 saturated heterocycles. The average molecular weight is 393 g/mol. The number of aliphatic imine (C=N–C) groups is 1. The highest BCUT2D eigenvalue weighted by atomic mass is 35.5. The van der Waals surface area contributed by atoms with Crippen LogP contribution in [0.15, 0.2) is 23.2 Å². The van der Waals surface area contributed by atoms with Crippen molar-refractivity contribution in [3.05, 3.63) is 54.9 Å². The SMILES string of the molecule is CCOC(=O)c1c(N=Cc2ccc([N+](=O)[O-])cc2Cl)sc2c1CCCC2. The van der Waals surface area contributed by atoms with E-state index in [0.717, 1.165) is 31.2 Å². The lowest BCUT2D eigenvalue weighted by Crippen LogP contribution is -2.09. The molecule has 0 aliphatic heterocycles. The predicted octanol–water partition coefficient (Wildman–Crippen LogP) is 5.12. The van der Waals surface area contributed by atoms with Crippen molar-refractivity contribution >= 4 is 45.8 Å². The summed E-state index contributed by atoms with van der Waals surface area (Å²) >= 11 is 7.61. The molecule has 1 aromatic heterocycles. The Labute approximate surface area is 159 Å². The maximum Gasteiger partial charge on any atom is 0.341 e. The smallest absolute Gasteiger partial charge is 0.341 e. The molecule has 0 saturated carbocycles. The number of esters is 1. The van der Waals surface area contributed by atoms with Crippen molar-refractivity contribution in [1.82, 2.24) is 0 Å². The van der Waals surface area contributed by atoms with Crippen LogP contribution in [0.4, 0.5) is 10.7 Å². The van der Waals surface area contributed by atoms with Crippen LogP contribution in [0.25, 0.3) is 0 Å². The van der Waals surface area contributed by atoms with Crippen molar-refractivity contribution in [2.75, 3.05) is 6.61 Å². The monoisotopic (exact) mass is 392 g/mol. The number of non-ortho nitro benzene ring substituents is 1. The summed E-state index contributed by atoms with van der Waals surface area (Å²) in [5, 5.41) is 11.6. The molecule has 1 aliphatic rings. The first kappa shape index (κ1) is 18.5. The Morgan fingerprint density at radius 3 is 2.88 bits per heavy atom. The molecule has 0 bridgehead atoms. The zero-order valence-corrected chi connectivity index (χ0v) is 15.7. The first-order valence-corrected chi connectivity index (χ1v) is 9.50. The second-order valence-corrected chi connectivity index (χ2v) is 7.32. The van der Waals surface area contributed by atoms with Gasteiger partial charge in [-0.2, -0.15) is 0 Å². The van der Waals surface area contributed by atoms with Crippen molar-refractivity contribution in [2.45, 2.75) is 32.6 Å². The van der Waals surface area contributed by atoms with E-state index in [-0.39, 0.29) is 16.7 Å². The molecule has 136 valence electrons. The molecule has 0 fully saturated rings. The Balaban J connectivity index is 1.96. The highest BCUT2D eigenvalue weighted by Crippen LogP contribution is 2.40. The van der Waals surface area contributed by atoms with Gasteiger partial charge in [0.2, 0.25) is 0 Å². The Bertz CT molecular complexity index is 892. The molecule has 0 unspecified atom stereocenters. The number of rotatable bonds is 5. The summed E-state index contributed by atoms with van der Waals surface area (Å²) in [6, 6.07) is 4.20. The van der Waals surface area contributed by atoms with Crippen molar-refractivity contribution in [2.24, 2.45) is 4.99 Å². The number of benzene rings is 1. The standard InChI is InChI=1S/C18H17ClN2O4S/c1-2-25-18(22)16-13-5-3-4-6-15(13)26-17(16)20-10-11-7-8-12(21(23)24)9-14(11)19/h7-10H,2-6H2,1H3. The topological polar surface area (TPSA) is 81.8 Å². The fourth-order valence-corrected chi connectivity index (χ4v) is 4.36. The average Bonchev–Trinajstić information content (AvgIpc) is 2.99. The number of nitro groups is 1. The van der Waals surface area contributed by atoms with E-state index in [1.807, 2.05) is 0 Å². The van der Waals surface area contributed by atoms with E-state index in [1.165, 1.54) is 34.6 Å². The van der Waals surface area contributed by atoms with Gasteiger partial charge in [0.15, 0.2) is 0 Å². The fraction of sp³-hybridized carbons (Fsp3) is 0.333. The number of ether oxygens (including phenoxy) is 1. The van der Waals surface area contributed by atoms with Crippen LogP contribution in [0, 0.1) is 10.1 Å². The van der Waals surface area contributed by atoms with Gasteiger partial charge in [-0.05, 0) is 44.2 Å². The number of carbonyl (C=O) groups is 1. The molecule has 3 rings (SSSR count). The third kappa shape index (κ3) is 3.78. The molecule has 0 atom stereocenters.